The van der Waals surface area contributed by atoms with Crippen LogP contribution in [-0.2, 0) is 15.5 Å². The summed E-state index contributed by atoms with van der Waals surface area (Å²) in [6, 6.07) is 2.03. The molecule has 0 aliphatic heterocycles. The average Bonchev–Trinajstić information content (AvgIpc) is 2.72. The van der Waals surface area contributed by atoms with Gasteiger partial charge in [-0.3, -0.25) is 0 Å². The van der Waals surface area contributed by atoms with Crippen LogP contribution in [0.1, 0.15) is 24.8 Å². The third-order valence-corrected chi connectivity index (χ3v) is 6.14. The molecule has 14 heavy (non-hydrogen) atoms. The van der Waals surface area contributed by atoms with Crippen LogP contribution in [0.2, 0.25) is 0 Å². The summed E-state index contributed by atoms with van der Waals surface area (Å²) in [7, 11) is 2.03. The van der Waals surface area contributed by atoms with Crippen LogP contribution in [0.5, 0.6) is 0 Å². The van der Waals surface area contributed by atoms with E-state index < -0.39 is 13.8 Å². The minimum Gasteiger partial charge on any atom is -0.212 e. The van der Waals surface area contributed by atoms with Gasteiger partial charge in [0.1, 0.15) is 0 Å². The van der Waals surface area contributed by atoms with Crippen LogP contribution >= 0.6 is 22.0 Å². The quantitative estimate of drug-likeness (QED) is 0.770. The van der Waals surface area contributed by atoms with Gasteiger partial charge in [0, 0.05) is 10.7 Å². The van der Waals surface area contributed by atoms with Crippen LogP contribution in [0.15, 0.2) is 16.8 Å². The molecule has 1 aliphatic carbocycles. The number of halogens is 1. The Hall–Kier alpha value is -0.0600. The van der Waals surface area contributed by atoms with E-state index in [-0.39, 0.29) is 0 Å². The van der Waals surface area contributed by atoms with Crippen molar-refractivity contribution in [2.75, 3.05) is 0 Å². The molecule has 0 unspecified atom stereocenters. The van der Waals surface area contributed by atoms with Gasteiger partial charge in [-0.2, -0.15) is 11.3 Å². The summed E-state index contributed by atoms with van der Waals surface area (Å²) in [6.45, 7) is 0. The number of rotatable bonds is 4. The first-order valence-electron chi connectivity index (χ1n) is 4.49. The minimum absolute atomic E-state index is 0.601. The molecule has 0 amide bonds. The number of hydrogen-bond acceptors (Lipinski definition) is 3. The second kappa shape index (κ2) is 3.51. The van der Waals surface area contributed by atoms with Gasteiger partial charge in [0.05, 0.1) is 4.75 Å². The summed E-state index contributed by atoms with van der Waals surface area (Å²) in [5.41, 5.74) is 1.21. The molecule has 0 N–H and O–H groups in total. The molecule has 0 radical (unpaired) electrons. The normalized spacial score (nSPS) is 19.5. The molecule has 1 aromatic heterocycles. The first kappa shape index (κ1) is 10.5. The van der Waals surface area contributed by atoms with Gasteiger partial charge in [-0.15, -0.1) is 0 Å². The lowest BCUT2D eigenvalue weighted by atomic mass is 10.1. The molecule has 1 heterocycles. The monoisotopic (exact) mass is 250 g/mol. The van der Waals surface area contributed by atoms with Crippen molar-refractivity contribution in [3.05, 3.63) is 22.4 Å². The Labute approximate surface area is 92.3 Å². The molecular formula is C9H11ClO2S2. The van der Waals surface area contributed by atoms with Crippen molar-refractivity contribution < 1.29 is 8.42 Å². The summed E-state index contributed by atoms with van der Waals surface area (Å²) in [4.78, 5) is 0. The zero-order chi connectivity index (χ0) is 10.2. The Balaban J connectivity index is 2.00. The van der Waals surface area contributed by atoms with Gasteiger partial charge in [-0.25, -0.2) is 8.42 Å². The van der Waals surface area contributed by atoms with Crippen LogP contribution in [0, 0.1) is 0 Å². The van der Waals surface area contributed by atoms with Gasteiger partial charge in [0.2, 0.25) is 9.05 Å². The number of aryl methyl sites for hydroxylation is 1. The van der Waals surface area contributed by atoms with Gasteiger partial charge < -0.3 is 0 Å². The van der Waals surface area contributed by atoms with E-state index in [1.165, 1.54) is 5.56 Å². The molecule has 2 rings (SSSR count). The molecule has 1 fully saturated rings. The van der Waals surface area contributed by atoms with E-state index in [1.807, 2.05) is 11.4 Å². The maximum atomic E-state index is 11.2. The fourth-order valence-electron chi connectivity index (χ4n) is 1.56. The zero-order valence-corrected chi connectivity index (χ0v) is 9.96. The molecule has 0 bridgehead atoms. The average molecular weight is 251 g/mol. The summed E-state index contributed by atoms with van der Waals surface area (Å²) in [5, 5.41) is 4.06. The Morgan fingerprint density at radius 3 is 2.64 bits per heavy atom. The van der Waals surface area contributed by atoms with E-state index in [1.54, 1.807) is 11.3 Å². The second-order valence-electron chi connectivity index (χ2n) is 3.75. The zero-order valence-electron chi connectivity index (χ0n) is 7.57. The van der Waals surface area contributed by atoms with Crippen molar-refractivity contribution in [3.8, 4) is 0 Å². The Bertz CT molecular complexity index is 404. The lowest BCUT2D eigenvalue weighted by molar-refractivity contribution is 0.582. The highest BCUT2D eigenvalue weighted by Gasteiger charge is 2.53. The Morgan fingerprint density at radius 1 is 1.50 bits per heavy atom. The van der Waals surface area contributed by atoms with Crippen LogP contribution in [0.4, 0.5) is 0 Å². The first-order valence-corrected chi connectivity index (χ1v) is 7.74. The maximum Gasteiger partial charge on any atom is 0.238 e. The van der Waals surface area contributed by atoms with Crippen LogP contribution in [-0.4, -0.2) is 13.2 Å². The van der Waals surface area contributed by atoms with E-state index in [9.17, 15) is 8.42 Å². The number of thiophene rings is 1. The third kappa shape index (κ3) is 1.97. The van der Waals surface area contributed by atoms with Crippen LogP contribution in [0.25, 0.3) is 0 Å². The lowest BCUT2D eigenvalue weighted by Gasteiger charge is -2.09. The van der Waals surface area contributed by atoms with E-state index in [0.29, 0.717) is 6.42 Å². The number of hydrogen-bond donors (Lipinski definition) is 0. The predicted octanol–water partition coefficient (Wildman–Crippen LogP) is 2.78. The molecule has 1 aromatic rings. The van der Waals surface area contributed by atoms with Crippen molar-refractivity contribution in [3.63, 3.8) is 0 Å². The van der Waals surface area contributed by atoms with E-state index in [2.05, 4.69) is 5.38 Å². The SMILES string of the molecule is O=S(=O)(Cl)C1(CCc2ccsc2)CC1. The van der Waals surface area contributed by atoms with Crippen molar-refractivity contribution in [2.45, 2.75) is 30.4 Å². The predicted molar refractivity (Wildman–Crippen MR) is 59.4 cm³/mol. The van der Waals surface area contributed by atoms with E-state index in [4.69, 9.17) is 10.7 Å². The van der Waals surface area contributed by atoms with Gasteiger partial charge >= 0.3 is 0 Å². The fourth-order valence-corrected chi connectivity index (χ4v) is 3.90. The molecule has 0 atom stereocenters. The third-order valence-electron chi connectivity index (χ3n) is 2.77. The van der Waals surface area contributed by atoms with Gasteiger partial charge in [-0.1, -0.05) is 0 Å². The molecule has 0 saturated heterocycles. The summed E-state index contributed by atoms with van der Waals surface area (Å²) in [5.74, 6) is 0. The Kier molecular flexibility index (Phi) is 2.62. The van der Waals surface area contributed by atoms with E-state index in [0.717, 1.165) is 19.3 Å². The van der Waals surface area contributed by atoms with Crippen molar-refractivity contribution in [1.29, 1.82) is 0 Å². The fraction of sp³-hybridized carbons (Fsp3) is 0.556. The molecule has 1 saturated carbocycles. The highest BCUT2D eigenvalue weighted by Crippen LogP contribution is 2.49. The summed E-state index contributed by atoms with van der Waals surface area (Å²) in [6.07, 6.45) is 2.93. The van der Waals surface area contributed by atoms with E-state index >= 15 is 0 Å². The van der Waals surface area contributed by atoms with Crippen molar-refractivity contribution in [2.24, 2.45) is 0 Å². The topological polar surface area (TPSA) is 34.1 Å². The maximum absolute atomic E-state index is 11.2. The second-order valence-corrected chi connectivity index (χ2v) is 7.49. The molecule has 5 heteroatoms. The lowest BCUT2D eigenvalue weighted by Crippen LogP contribution is -2.18. The smallest absolute Gasteiger partial charge is 0.212 e. The minimum atomic E-state index is -3.37. The van der Waals surface area contributed by atoms with Crippen molar-refractivity contribution in [1.82, 2.24) is 0 Å². The van der Waals surface area contributed by atoms with Gasteiger partial charge in [0.25, 0.3) is 0 Å². The standard InChI is InChI=1S/C9H11ClO2S2/c10-14(11,12)9(4-5-9)3-1-8-2-6-13-7-8/h2,6-7H,1,3-5H2. The molecule has 2 nitrogen and oxygen atoms in total. The summed E-state index contributed by atoms with van der Waals surface area (Å²) < 4.78 is 21.9. The molecule has 0 spiro atoms. The van der Waals surface area contributed by atoms with Crippen LogP contribution in [0.3, 0.4) is 0 Å². The summed E-state index contributed by atoms with van der Waals surface area (Å²) >= 11 is 1.64. The molecule has 1 aliphatic rings. The largest absolute Gasteiger partial charge is 0.238 e. The highest BCUT2D eigenvalue weighted by atomic mass is 35.7. The Morgan fingerprint density at radius 2 is 2.21 bits per heavy atom. The van der Waals surface area contributed by atoms with Gasteiger partial charge in [-0.05, 0) is 48.1 Å². The first-order chi connectivity index (χ1) is 6.54. The van der Waals surface area contributed by atoms with Crippen molar-refractivity contribution >= 4 is 31.1 Å². The highest BCUT2D eigenvalue weighted by molar-refractivity contribution is 8.15. The molecule has 78 valence electrons. The van der Waals surface area contributed by atoms with Gasteiger partial charge in [0.15, 0.2) is 0 Å². The van der Waals surface area contributed by atoms with Crippen LogP contribution < -0.4 is 0 Å². The molecular weight excluding hydrogens is 240 g/mol. The molecule has 0 aromatic carbocycles.